The molecule has 0 aliphatic carbocycles. The van der Waals surface area contributed by atoms with Gasteiger partial charge in [-0.3, -0.25) is 4.79 Å². The maximum absolute atomic E-state index is 13.5. The Bertz CT molecular complexity index is 656. The molecule has 0 bridgehead atoms. The van der Waals surface area contributed by atoms with Gasteiger partial charge in [-0.1, -0.05) is 23.7 Å². The monoisotopic (exact) mass is 296 g/mol. The van der Waals surface area contributed by atoms with E-state index in [9.17, 15) is 13.6 Å². The Morgan fingerprint density at radius 2 is 2.00 bits per heavy atom. The molecule has 0 N–H and O–H groups in total. The number of hydrogen-bond acceptors (Lipinski definition) is 2. The fraction of sp³-hybridized carbons (Fsp3) is 0.133. The molecule has 104 valence electrons. The second kappa shape index (κ2) is 6.01. The molecule has 0 radical (unpaired) electrons. The first-order chi connectivity index (χ1) is 9.52. The number of methoxy groups -OCH3 is 1. The Morgan fingerprint density at radius 1 is 1.25 bits per heavy atom. The molecule has 0 aliphatic rings. The summed E-state index contributed by atoms with van der Waals surface area (Å²) < 4.78 is 31.6. The second-order valence-corrected chi connectivity index (χ2v) is 4.57. The summed E-state index contributed by atoms with van der Waals surface area (Å²) in [7, 11) is 1.43. The summed E-state index contributed by atoms with van der Waals surface area (Å²) in [6, 6.07) is 8.27. The third-order valence-electron chi connectivity index (χ3n) is 2.86. The molecule has 0 heterocycles. The molecule has 20 heavy (non-hydrogen) atoms. The van der Waals surface area contributed by atoms with E-state index in [0.29, 0.717) is 16.3 Å². The van der Waals surface area contributed by atoms with Crippen LogP contribution in [-0.2, 0) is 6.42 Å². The summed E-state index contributed by atoms with van der Waals surface area (Å²) in [5.74, 6) is -1.95. The van der Waals surface area contributed by atoms with Crippen LogP contribution >= 0.6 is 11.6 Å². The Morgan fingerprint density at radius 3 is 2.70 bits per heavy atom. The van der Waals surface area contributed by atoms with Crippen molar-refractivity contribution in [3.63, 3.8) is 0 Å². The Hall–Kier alpha value is -1.94. The summed E-state index contributed by atoms with van der Waals surface area (Å²) in [4.78, 5) is 12.1. The highest BCUT2D eigenvalue weighted by atomic mass is 35.5. The van der Waals surface area contributed by atoms with Crippen molar-refractivity contribution in [3.05, 3.63) is 64.2 Å². The highest BCUT2D eigenvalue weighted by molar-refractivity contribution is 6.32. The maximum Gasteiger partial charge on any atom is 0.167 e. The molecule has 0 aromatic heterocycles. The maximum atomic E-state index is 13.5. The van der Waals surface area contributed by atoms with Gasteiger partial charge in [0, 0.05) is 12.0 Å². The zero-order chi connectivity index (χ0) is 14.7. The van der Waals surface area contributed by atoms with Crippen LogP contribution in [0.25, 0.3) is 0 Å². The van der Waals surface area contributed by atoms with Gasteiger partial charge in [-0.15, -0.1) is 0 Å². The predicted octanol–water partition coefficient (Wildman–Crippen LogP) is 4.05. The number of carbonyl (C=O) groups is 1. The Kier molecular flexibility index (Phi) is 4.35. The number of ketones is 1. The van der Waals surface area contributed by atoms with Crippen LogP contribution in [0, 0.1) is 11.6 Å². The quantitative estimate of drug-likeness (QED) is 0.796. The molecule has 2 aromatic rings. The van der Waals surface area contributed by atoms with E-state index in [1.807, 2.05) is 0 Å². The topological polar surface area (TPSA) is 26.3 Å². The number of benzene rings is 2. The smallest absolute Gasteiger partial charge is 0.167 e. The van der Waals surface area contributed by atoms with E-state index in [4.69, 9.17) is 16.3 Å². The van der Waals surface area contributed by atoms with E-state index >= 15 is 0 Å². The van der Waals surface area contributed by atoms with Crippen molar-refractivity contribution in [2.45, 2.75) is 6.42 Å². The fourth-order valence-electron chi connectivity index (χ4n) is 1.79. The first-order valence-corrected chi connectivity index (χ1v) is 6.20. The van der Waals surface area contributed by atoms with E-state index in [2.05, 4.69) is 0 Å². The molecule has 2 rings (SSSR count). The molecule has 0 fully saturated rings. The van der Waals surface area contributed by atoms with Crippen LogP contribution in [0.1, 0.15) is 15.9 Å². The molecule has 0 amide bonds. The highest BCUT2D eigenvalue weighted by Crippen LogP contribution is 2.26. The van der Waals surface area contributed by atoms with E-state index in [1.54, 1.807) is 0 Å². The number of Topliss-reactive ketones (excluding diaryl/α,β-unsaturated/α-hetero) is 1. The van der Waals surface area contributed by atoms with Gasteiger partial charge < -0.3 is 4.74 Å². The van der Waals surface area contributed by atoms with Crippen LogP contribution in [0.15, 0.2) is 36.4 Å². The lowest BCUT2D eigenvalue weighted by atomic mass is 10.0. The molecule has 2 aromatic carbocycles. The minimum absolute atomic E-state index is 0.0175. The lowest BCUT2D eigenvalue weighted by Gasteiger charge is -2.07. The third kappa shape index (κ3) is 2.96. The van der Waals surface area contributed by atoms with Crippen molar-refractivity contribution in [2.24, 2.45) is 0 Å². The minimum Gasteiger partial charge on any atom is -0.495 e. The molecule has 5 heteroatoms. The fourth-order valence-corrected chi connectivity index (χ4v) is 1.99. The van der Waals surface area contributed by atoms with Crippen LogP contribution in [0.5, 0.6) is 5.75 Å². The predicted molar refractivity (Wildman–Crippen MR) is 72.4 cm³/mol. The summed E-state index contributed by atoms with van der Waals surface area (Å²) in [6.45, 7) is 0. The Labute approximate surface area is 119 Å². The van der Waals surface area contributed by atoms with Gasteiger partial charge in [-0.25, -0.2) is 8.78 Å². The molecular weight excluding hydrogens is 286 g/mol. The van der Waals surface area contributed by atoms with Gasteiger partial charge in [0.25, 0.3) is 0 Å². The highest BCUT2D eigenvalue weighted by Gasteiger charge is 2.14. The van der Waals surface area contributed by atoms with Gasteiger partial charge in [-0.05, 0) is 29.8 Å². The van der Waals surface area contributed by atoms with Crippen LogP contribution in [0.2, 0.25) is 5.02 Å². The van der Waals surface area contributed by atoms with Crippen LogP contribution in [-0.4, -0.2) is 12.9 Å². The first kappa shape index (κ1) is 14.5. The molecule has 0 unspecified atom stereocenters. The van der Waals surface area contributed by atoms with Crippen molar-refractivity contribution >= 4 is 17.4 Å². The van der Waals surface area contributed by atoms with Gasteiger partial charge >= 0.3 is 0 Å². The van der Waals surface area contributed by atoms with Gasteiger partial charge in [-0.2, -0.15) is 0 Å². The number of rotatable bonds is 4. The average Bonchev–Trinajstić information content (AvgIpc) is 2.44. The van der Waals surface area contributed by atoms with Gasteiger partial charge in [0.15, 0.2) is 17.4 Å². The lowest BCUT2D eigenvalue weighted by molar-refractivity contribution is 0.0991. The second-order valence-electron chi connectivity index (χ2n) is 4.16. The third-order valence-corrected chi connectivity index (χ3v) is 3.17. The standard InChI is InChI=1S/C15H11ClF2O2/c1-20-14-8-9(5-6-11(14)16)13(19)7-10-3-2-4-12(17)15(10)18/h2-6,8H,7H2,1H3. The van der Waals surface area contributed by atoms with E-state index in [-0.39, 0.29) is 17.8 Å². The van der Waals surface area contributed by atoms with E-state index < -0.39 is 11.6 Å². The minimum atomic E-state index is -0.998. The van der Waals surface area contributed by atoms with Crippen LogP contribution < -0.4 is 4.74 Å². The van der Waals surface area contributed by atoms with Crippen molar-refractivity contribution in [3.8, 4) is 5.75 Å². The van der Waals surface area contributed by atoms with Crippen molar-refractivity contribution in [2.75, 3.05) is 7.11 Å². The summed E-state index contributed by atoms with van der Waals surface area (Å²) >= 11 is 5.86. The Balaban J connectivity index is 2.26. The van der Waals surface area contributed by atoms with Gasteiger partial charge in [0.2, 0.25) is 0 Å². The molecule has 0 spiro atoms. The van der Waals surface area contributed by atoms with Crippen molar-refractivity contribution < 1.29 is 18.3 Å². The van der Waals surface area contributed by atoms with E-state index in [1.165, 1.54) is 37.4 Å². The number of halogens is 3. The number of ether oxygens (including phenoxy) is 1. The molecule has 0 aliphatic heterocycles. The summed E-state index contributed by atoms with van der Waals surface area (Å²) in [5.41, 5.74) is 0.346. The molecule has 2 nitrogen and oxygen atoms in total. The van der Waals surface area contributed by atoms with Crippen molar-refractivity contribution in [1.29, 1.82) is 0 Å². The van der Waals surface area contributed by atoms with E-state index in [0.717, 1.165) is 6.07 Å². The van der Waals surface area contributed by atoms with Crippen LogP contribution in [0.4, 0.5) is 8.78 Å². The zero-order valence-corrected chi connectivity index (χ0v) is 11.4. The molecule has 0 atom stereocenters. The largest absolute Gasteiger partial charge is 0.495 e. The molecule has 0 saturated carbocycles. The van der Waals surface area contributed by atoms with Gasteiger partial charge in [0.1, 0.15) is 5.75 Å². The summed E-state index contributed by atoms with van der Waals surface area (Å²) in [5, 5.41) is 0.376. The van der Waals surface area contributed by atoms with Crippen LogP contribution in [0.3, 0.4) is 0 Å². The van der Waals surface area contributed by atoms with Crippen molar-refractivity contribution in [1.82, 2.24) is 0 Å². The molecule has 0 saturated heterocycles. The SMILES string of the molecule is COc1cc(C(=O)Cc2cccc(F)c2F)ccc1Cl. The average molecular weight is 297 g/mol. The normalized spacial score (nSPS) is 10.4. The number of carbonyl (C=O) groups excluding carboxylic acids is 1. The zero-order valence-electron chi connectivity index (χ0n) is 10.6. The molecular formula is C15H11ClF2O2. The van der Waals surface area contributed by atoms with Gasteiger partial charge in [0.05, 0.1) is 12.1 Å². The lowest BCUT2D eigenvalue weighted by Crippen LogP contribution is -2.06. The first-order valence-electron chi connectivity index (χ1n) is 5.82. The number of hydrogen-bond donors (Lipinski definition) is 0. The summed E-state index contributed by atoms with van der Waals surface area (Å²) in [6.07, 6.45) is -0.228.